The first-order valence-corrected chi connectivity index (χ1v) is 7.47. The van der Waals surface area contributed by atoms with E-state index in [2.05, 4.69) is 4.98 Å². The minimum Gasteiger partial charge on any atom is -0.507 e. The average Bonchev–Trinajstić information content (AvgIpc) is 2.89. The molecule has 5 heteroatoms. The number of para-hydroxylation sites is 1. The number of anilines is 1. The van der Waals surface area contributed by atoms with E-state index in [9.17, 15) is 5.11 Å². The third-order valence-electron chi connectivity index (χ3n) is 4.09. The van der Waals surface area contributed by atoms with Gasteiger partial charge in [0.1, 0.15) is 11.6 Å². The van der Waals surface area contributed by atoms with Gasteiger partial charge in [-0.05, 0) is 37.1 Å². The zero-order valence-electron chi connectivity index (χ0n) is 12.4. The molecule has 1 aliphatic rings. The Morgan fingerprint density at radius 3 is 2.73 bits per heavy atom. The van der Waals surface area contributed by atoms with Gasteiger partial charge in [-0.1, -0.05) is 12.1 Å². The zero-order chi connectivity index (χ0) is 15.5. The van der Waals surface area contributed by atoms with Crippen molar-refractivity contribution in [2.75, 3.05) is 18.9 Å². The monoisotopic (exact) mass is 299 g/mol. The molecule has 22 heavy (non-hydrogen) atoms. The summed E-state index contributed by atoms with van der Waals surface area (Å²) in [5.41, 5.74) is 15.2. The molecule has 2 heterocycles. The summed E-state index contributed by atoms with van der Waals surface area (Å²) < 4.78 is 5.39. The summed E-state index contributed by atoms with van der Waals surface area (Å²) in [7, 11) is 0. The van der Waals surface area contributed by atoms with Gasteiger partial charge in [-0.2, -0.15) is 0 Å². The average molecular weight is 299 g/mol. The van der Waals surface area contributed by atoms with Crippen LogP contribution < -0.4 is 11.5 Å². The predicted molar refractivity (Wildman–Crippen MR) is 88.2 cm³/mol. The van der Waals surface area contributed by atoms with E-state index in [4.69, 9.17) is 16.2 Å². The molecule has 0 atom stereocenters. The summed E-state index contributed by atoms with van der Waals surface area (Å²) >= 11 is 0. The van der Waals surface area contributed by atoms with Crippen LogP contribution in [0.15, 0.2) is 30.3 Å². The summed E-state index contributed by atoms with van der Waals surface area (Å²) in [5.74, 6) is 1.21. The molecule has 1 saturated heterocycles. The molecule has 3 rings (SSSR count). The van der Waals surface area contributed by atoms with Crippen molar-refractivity contribution >= 4 is 17.6 Å². The van der Waals surface area contributed by atoms with Gasteiger partial charge in [0, 0.05) is 41.6 Å². The lowest BCUT2D eigenvalue weighted by atomic mass is 9.96. The quantitative estimate of drug-likeness (QED) is 0.700. The van der Waals surface area contributed by atoms with Gasteiger partial charge >= 0.3 is 0 Å². The Hall–Kier alpha value is -2.40. The van der Waals surface area contributed by atoms with Crippen molar-refractivity contribution in [3.8, 4) is 5.75 Å². The molecule has 1 aromatic carbocycles. The molecule has 0 aliphatic carbocycles. The van der Waals surface area contributed by atoms with Crippen LogP contribution in [-0.2, 0) is 4.74 Å². The third-order valence-corrected chi connectivity index (χ3v) is 4.09. The highest BCUT2D eigenvalue weighted by Crippen LogP contribution is 2.30. The second-order valence-corrected chi connectivity index (χ2v) is 5.60. The van der Waals surface area contributed by atoms with Crippen molar-refractivity contribution in [3.05, 3.63) is 47.2 Å². The molecular weight excluding hydrogens is 278 g/mol. The summed E-state index contributed by atoms with van der Waals surface area (Å²) in [6.45, 7) is 1.57. The highest BCUT2D eigenvalue weighted by molar-refractivity contribution is 5.84. The lowest BCUT2D eigenvalue weighted by molar-refractivity contribution is 0.0846. The van der Waals surface area contributed by atoms with Gasteiger partial charge in [0.05, 0.1) is 0 Å². The van der Waals surface area contributed by atoms with Gasteiger partial charge in [-0.3, -0.25) is 0 Å². The van der Waals surface area contributed by atoms with E-state index >= 15 is 0 Å². The third kappa shape index (κ3) is 2.94. The van der Waals surface area contributed by atoms with Gasteiger partial charge in [-0.25, -0.2) is 0 Å². The molecule has 1 fully saturated rings. The molecule has 5 nitrogen and oxygen atoms in total. The second kappa shape index (κ2) is 6.15. The summed E-state index contributed by atoms with van der Waals surface area (Å²) in [5, 5.41) is 9.86. The number of ether oxygens (including phenoxy) is 1. The molecule has 116 valence electrons. The van der Waals surface area contributed by atoms with E-state index in [0.717, 1.165) is 37.3 Å². The Morgan fingerprint density at radius 1 is 1.27 bits per heavy atom. The van der Waals surface area contributed by atoms with E-state index in [1.807, 2.05) is 12.1 Å². The molecule has 0 saturated carbocycles. The number of benzene rings is 1. The topological polar surface area (TPSA) is 97.3 Å². The van der Waals surface area contributed by atoms with Crippen molar-refractivity contribution in [2.45, 2.75) is 18.8 Å². The molecule has 0 unspecified atom stereocenters. The summed E-state index contributed by atoms with van der Waals surface area (Å²) in [6, 6.07) is 9.04. The fourth-order valence-electron chi connectivity index (χ4n) is 2.82. The van der Waals surface area contributed by atoms with E-state index in [0.29, 0.717) is 23.0 Å². The number of nitrogens with two attached hydrogens (primary N) is 2. The Bertz CT molecular complexity index is 685. The Kier molecular flexibility index (Phi) is 4.06. The van der Waals surface area contributed by atoms with Crippen molar-refractivity contribution in [2.24, 2.45) is 5.73 Å². The molecule has 0 spiro atoms. The lowest BCUT2D eigenvalue weighted by Gasteiger charge is -2.20. The molecule has 0 bridgehead atoms. The van der Waals surface area contributed by atoms with Crippen LogP contribution in [0.4, 0.5) is 5.82 Å². The smallest absolute Gasteiger partial charge is 0.124 e. The van der Waals surface area contributed by atoms with Gasteiger partial charge in [-0.15, -0.1) is 0 Å². The fourth-order valence-corrected chi connectivity index (χ4v) is 2.82. The summed E-state index contributed by atoms with van der Waals surface area (Å²) in [6.07, 6.45) is 3.79. The van der Waals surface area contributed by atoms with Crippen LogP contribution in [-0.4, -0.2) is 23.3 Å². The number of hydrogen-bond acceptors (Lipinski definition) is 4. The van der Waals surface area contributed by atoms with Crippen molar-refractivity contribution in [1.29, 1.82) is 0 Å². The molecule has 0 radical (unpaired) electrons. The number of phenolic OH excluding ortho intramolecular Hbond substituents is 1. The summed E-state index contributed by atoms with van der Waals surface area (Å²) in [4.78, 5) is 3.25. The number of H-pyrrole nitrogens is 1. The van der Waals surface area contributed by atoms with Crippen LogP contribution in [0.2, 0.25) is 0 Å². The highest BCUT2D eigenvalue weighted by atomic mass is 16.5. The van der Waals surface area contributed by atoms with Crippen molar-refractivity contribution in [3.63, 3.8) is 0 Å². The lowest BCUT2D eigenvalue weighted by Crippen LogP contribution is -2.14. The largest absolute Gasteiger partial charge is 0.507 e. The standard InChI is InChI=1S/C17H21N3O2/c18-14(13-3-1-2-4-16(13)21)9-12-10-15(20-17(12)19)11-5-7-22-8-6-11/h1-4,9-11,20-21H,5-8,18-19H2/b14-9-. The molecule has 2 aromatic rings. The van der Waals surface area contributed by atoms with E-state index in [-0.39, 0.29) is 5.75 Å². The Balaban J connectivity index is 1.87. The van der Waals surface area contributed by atoms with Crippen molar-refractivity contribution in [1.82, 2.24) is 4.98 Å². The van der Waals surface area contributed by atoms with Crippen LogP contribution in [0.1, 0.15) is 35.6 Å². The fraction of sp³-hybridized carbons (Fsp3) is 0.294. The number of aromatic nitrogens is 1. The number of aromatic hydroxyl groups is 1. The first-order chi connectivity index (χ1) is 10.6. The van der Waals surface area contributed by atoms with E-state index in [1.54, 1.807) is 24.3 Å². The second-order valence-electron chi connectivity index (χ2n) is 5.60. The highest BCUT2D eigenvalue weighted by Gasteiger charge is 2.18. The number of phenols is 1. The van der Waals surface area contributed by atoms with E-state index in [1.165, 1.54) is 0 Å². The molecule has 1 aliphatic heterocycles. The molecule has 6 N–H and O–H groups in total. The maximum Gasteiger partial charge on any atom is 0.124 e. The van der Waals surface area contributed by atoms with Crippen LogP contribution in [0.3, 0.4) is 0 Å². The van der Waals surface area contributed by atoms with Crippen LogP contribution in [0, 0.1) is 0 Å². The van der Waals surface area contributed by atoms with Gasteiger partial charge in [0.15, 0.2) is 0 Å². The first kappa shape index (κ1) is 14.5. The van der Waals surface area contributed by atoms with Gasteiger partial charge in [0.25, 0.3) is 0 Å². The van der Waals surface area contributed by atoms with E-state index < -0.39 is 0 Å². The number of hydrogen-bond donors (Lipinski definition) is 4. The maximum absolute atomic E-state index is 9.86. The Labute approximate surface area is 129 Å². The maximum atomic E-state index is 9.86. The van der Waals surface area contributed by atoms with Crippen LogP contribution in [0.25, 0.3) is 11.8 Å². The predicted octanol–water partition coefficient (Wildman–Crippen LogP) is 2.65. The minimum absolute atomic E-state index is 0.162. The normalized spacial score (nSPS) is 16.8. The number of nitrogen functional groups attached to an aromatic ring is 1. The van der Waals surface area contributed by atoms with Gasteiger partial charge < -0.3 is 26.3 Å². The van der Waals surface area contributed by atoms with Crippen molar-refractivity contribution < 1.29 is 9.84 Å². The van der Waals surface area contributed by atoms with Crippen LogP contribution in [0.5, 0.6) is 5.75 Å². The molecular formula is C17H21N3O2. The molecule has 1 aromatic heterocycles. The van der Waals surface area contributed by atoms with Gasteiger partial charge in [0.2, 0.25) is 0 Å². The molecule has 0 amide bonds. The SMILES string of the molecule is N/C(=C\c1cc(C2CCOCC2)[nH]c1N)c1ccccc1O. The zero-order valence-corrected chi connectivity index (χ0v) is 12.4. The number of rotatable bonds is 3. The minimum atomic E-state index is 0.162. The Morgan fingerprint density at radius 2 is 2.00 bits per heavy atom. The number of nitrogens with one attached hydrogen (secondary N) is 1. The first-order valence-electron chi connectivity index (χ1n) is 7.47. The van der Waals surface area contributed by atoms with Crippen LogP contribution >= 0.6 is 0 Å². The number of aromatic amines is 1.